The number of hydrogen-bond acceptors (Lipinski definition) is 6. The number of piperidine rings is 1. The predicted octanol–water partition coefficient (Wildman–Crippen LogP) is 2.97. The molecule has 9 heteroatoms. The highest BCUT2D eigenvalue weighted by atomic mass is 32.2. The largest absolute Gasteiger partial charge is 0.493 e. The lowest BCUT2D eigenvalue weighted by atomic mass is 9.96. The van der Waals surface area contributed by atoms with E-state index in [9.17, 15) is 18.0 Å². The number of anilines is 1. The lowest BCUT2D eigenvalue weighted by molar-refractivity contribution is -0.123. The van der Waals surface area contributed by atoms with Crippen molar-refractivity contribution in [2.24, 2.45) is 5.92 Å². The molecule has 1 fully saturated rings. The maximum Gasteiger partial charge on any atom is 0.243 e. The molecule has 0 spiro atoms. The molecule has 1 heterocycles. The van der Waals surface area contributed by atoms with Gasteiger partial charge in [-0.2, -0.15) is 4.31 Å². The Morgan fingerprint density at radius 2 is 1.56 bits per heavy atom. The van der Waals surface area contributed by atoms with Crippen LogP contribution in [0.1, 0.15) is 30.1 Å². The fourth-order valence-electron chi connectivity index (χ4n) is 3.79. The molecule has 0 N–H and O–H groups in total. The first-order chi connectivity index (χ1) is 15.2. The number of benzene rings is 2. The Kier molecular flexibility index (Phi) is 7.20. The average molecular weight is 461 g/mol. The zero-order chi connectivity index (χ0) is 23.5. The molecule has 0 aromatic heterocycles. The van der Waals surface area contributed by atoms with Crippen molar-refractivity contribution in [3.8, 4) is 11.5 Å². The highest BCUT2D eigenvalue weighted by molar-refractivity contribution is 7.89. The van der Waals surface area contributed by atoms with Gasteiger partial charge in [-0.15, -0.1) is 0 Å². The van der Waals surface area contributed by atoms with Gasteiger partial charge in [0.15, 0.2) is 17.3 Å². The van der Waals surface area contributed by atoms with E-state index in [2.05, 4.69) is 0 Å². The van der Waals surface area contributed by atoms with Crippen molar-refractivity contribution in [3.63, 3.8) is 0 Å². The Labute approximate surface area is 188 Å². The maximum absolute atomic E-state index is 13.0. The summed E-state index contributed by atoms with van der Waals surface area (Å²) >= 11 is 0. The van der Waals surface area contributed by atoms with Gasteiger partial charge in [-0.25, -0.2) is 8.42 Å². The van der Waals surface area contributed by atoms with Crippen LogP contribution in [-0.4, -0.2) is 58.8 Å². The Morgan fingerprint density at radius 3 is 2.09 bits per heavy atom. The second kappa shape index (κ2) is 9.70. The van der Waals surface area contributed by atoms with E-state index in [4.69, 9.17) is 9.47 Å². The molecule has 8 nitrogen and oxygen atoms in total. The van der Waals surface area contributed by atoms with Crippen LogP contribution in [-0.2, 0) is 14.8 Å². The first-order valence-corrected chi connectivity index (χ1v) is 11.7. The number of hydrogen-bond donors (Lipinski definition) is 0. The van der Waals surface area contributed by atoms with Gasteiger partial charge in [0.2, 0.25) is 15.9 Å². The molecule has 0 unspecified atom stereocenters. The van der Waals surface area contributed by atoms with Crippen LogP contribution in [0.25, 0.3) is 0 Å². The van der Waals surface area contributed by atoms with E-state index >= 15 is 0 Å². The molecule has 1 amide bonds. The van der Waals surface area contributed by atoms with Gasteiger partial charge in [0.05, 0.1) is 19.1 Å². The predicted molar refractivity (Wildman–Crippen MR) is 121 cm³/mol. The molecule has 0 aliphatic carbocycles. The third-order valence-corrected chi connectivity index (χ3v) is 7.70. The van der Waals surface area contributed by atoms with E-state index in [-0.39, 0.29) is 35.6 Å². The van der Waals surface area contributed by atoms with Gasteiger partial charge in [-0.05, 0) is 44.0 Å². The van der Waals surface area contributed by atoms with Crippen molar-refractivity contribution in [2.75, 3.05) is 39.3 Å². The number of methoxy groups -OCH3 is 2. The molecular formula is C23H28N2O6S. The number of sulfonamides is 1. The number of rotatable bonds is 7. The quantitative estimate of drug-likeness (QED) is 0.590. The molecule has 0 atom stereocenters. The number of nitrogens with zero attached hydrogens (tertiary/aromatic N) is 2. The topological polar surface area (TPSA) is 93.2 Å². The molecule has 1 aliphatic heterocycles. The highest BCUT2D eigenvalue weighted by Gasteiger charge is 2.33. The van der Waals surface area contributed by atoms with Crippen molar-refractivity contribution in [1.82, 2.24) is 4.31 Å². The standard InChI is InChI=1S/C23H28N2O6S/c1-16(26)17-5-8-20(9-6-17)32(28,29)25-13-11-18(12-14-25)23(27)24(2)19-7-10-21(30-3)22(15-19)31-4/h5-10,15,18H,11-14H2,1-4H3. The SMILES string of the molecule is COc1ccc(N(C)C(=O)C2CCN(S(=O)(=O)c3ccc(C(C)=O)cc3)CC2)cc1OC. The first kappa shape index (κ1) is 23.7. The van der Waals surface area contributed by atoms with E-state index in [0.717, 1.165) is 0 Å². The van der Waals surface area contributed by atoms with Crippen molar-refractivity contribution in [2.45, 2.75) is 24.7 Å². The molecule has 0 saturated carbocycles. The zero-order valence-corrected chi connectivity index (χ0v) is 19.5. The Balaban J connectivity index is 1.67. The molecule has 172 valence electrons. The molecule has 0 bridgehead atoms. The molecule has 1 aliphatic rings. The lowest BCUT2D eigenvalue weighted by Gasteiger charge is -2.32. The van der Waals surface area contributed by atoms with Crippen LogP contribution in [0.15, 0.2) is 47.4 Å². The molecule has 0 radical (unpaired) electrons. The summed E-state index contributed by atoms with van der Waals surface area (Å²) in [5, 5.41) is 0. The summed E-state index contributed by atoms with van der Waals surface area (Å²) in [7, 11) is 1.10. The van der Waals surface area contributed by atoms with Crippen molar-refractivity contribution >= 4 is 27.4 Å². The summed E-state index contributed by atoms with van der Waals surface area (Å²) in [5.41, 5.74) is 1.14. The van der Waals surface area contributed by atoms with Gasteiger partial charge >= 0.3 is 0 Å². The number of carbonyl (C=O) groups excluding carboxylic acids is 2. The molecular weight excluding hydrogens is 432 g/mol. The second-order valence-corrected chi connectivity index (χ2v) is 9.63. The molecule has 32 heavy (non-hydrogen) atoms. The van der Waals surface area contributed by atoms with Crippen LogP contribution in [0, 0.1) is 5.92 Å². The second-order valence-electron chi connectivity index (χ2n) is 7.70. The van der Waals surface area contributed by atoms with Crippen LogP contribution in [0.4, 0.5) is 5.69 Å². The van der Waals surface area contributed by atoms with Crippen LogP contribution < -0.4 is 14.4 Å². The number of carbonyl (C=O) groups is 2. The molecule has 3 rings (SSSR count). The fourth-order valence-corrected chi connectivity index (χ4v) is 5.26. The van der Waals surface area contributed by atoms with Gasteiger partial charge in [-0.1, -0.05) is 12.1 Å². The van der Waals surface area contributed by atoms with Gasteiger partial charge in [0.1, 0.15) is 0 Å². The molecule has 2 aromatic carbocycles. The van der Waals surface area contributed by atoms with E-state index in [1.54, 1.807) is 37.3 Å². The van der Waals surface area contributed by atoms with Crippen molar-refractivity contribution < 1.29 is 27.5 Å². The minimum atomic E-state index is -3.68. The van der Waals surface area contributed by atoms with E-state index < -0.39 is 10.0 Å². The van der Waals surface area contributed by atoms with Gasteiger partial charge in [-0.3, -0.25) is 9.59 Å². The molecule has 1 saturated heterocycles. The third kappa shape index (κ3) is 4.78. The van der Waals surface area contributed by atoms with Crippen molar-refractivity contribution in [3.05, 3.63) is 48.0 Å². The Hall–Kier alpha value is -2.91. The smallest absolute Gasteiger partial charge is 0.243 e. The van der Waals surface area contributed by atoms with Gasteiger partial charge < -0.3 is 14.4 Å². The first-order valence-electron chi connectivity index (χ1n) is 10.3. The molecule has 2 aromatic rings. The zero-order valence-electron chi connectivity index (χ0n) is 18.7. The van der Waals surface area contributed by atoms with Crippen LogP contribution in [0.5, 0.6) is 11.5 Å². The van der Waals surface area contributed by atoms with Crippen LogP contribution in [0.2, 0.25) is 0 Å². The van der Waals surface area contributed by atoms with Crippen LogP contribution >= 0.6 is 0 Å². The number of ketones is 1. The Morgan fingerprint density at radius 1 is 0.969 bits per heavy atom. The Bertz CT molecular complexity index is 1090. The summed E-state index contributed by atoms with van der Waals surface area (Å²) in [4.78, 5) is 26.2. The number of ether oxygens (including phenoxy) is 2. The summed E-state index contributed by atoms with van der Waals surface area (Å²) in [6, 6.07) is 11.2. The average Bonchev–Trinajstić information content (AvgIpc) is 2.82. The van der Waals surface area contributed by atoms with Crippen molar-refractivity contribution in [1.29, 1.82) is 0 Å². The highest BCUT2D eigenvalue weighted by Crippen LogP contribution is 2.32. The van der Waals surface area contributed by atoms with Gasteiger partial charge in [0.25, 0.3) is 0 Å². The van der Waals surface area contributed by atoms with E-state index in [1.165, 1.54) is 42.6 Å². The van der Waals surface area contributed by atoms with E-state index in [1.807, 2.05) is 0 Å². The van der Waals surface area contributed by atoms with Crippen LogP contribution in [0.3, 0.4) is 0 Å². The minimum absolute atomic E-state index is 0.0694. The third-order valence-electron chi connectivity index (χ3n) is 5.79. The summed E-state index contributed by atoms with van der Waals surface area (Å²) in [6.45, 7) is 1.95. The normalized spacial score (nSPS) is 15.2. The summed E-state index contributed by atoms with van der Waals surface area (Å²) < 4.78 is 37.9. The summed E-state index contributed by atoms with van der Waals surface area (Å²) in [6.07, 6.45) is 0.864. The number of Topliss-reactive ketones (excluding diaryl/α,β-unsaturated/α-hetero) is 1. The van der Waals surface area contributed by atoms with E-state index in [0.29, 0.717) is 35.6 Å². The monoisotopic (exact) mass is 460 g/mol. The summed E-state index contributed by atoms with van der Waals surface area (Å²) in [5.74, 6) is 0.639. The number of amides is 1. The minimum Gasteiger partial charge on any atom is -0.493 e. The maximum atomic E-state index is 13.0. The van der Waals surface area contributed by atoms with Gasteiger partial charge in [0, 0.05) is 43.4 Å². The fraction of sp³-hybridized carbons (Fsp3) is 0.391. The lowest BCUT2D eigenvalue weighted by Crippen LogP contribution is -2.43.